The number of imidazole rings is 1. The first-order valence-corrected chi connectivity index (χ1v) is 7.48. The lowest BCUT2D eigenvalue weighted by atomic mass is 10.1. The Balaban J connectivity index is 2.02. The third kappa shape index (κ3) is 2.16. The SMILES string of the molecule is CCC(Nc1ncnc2sc(C)c(C)c12)c1ncc[nH]1. The van der Waals surface area contributed by atoms with Gasteiger partial charge in [-0.05, 0) is 25.8 Å². The number of thiophene rings is 1. The van der Waals surface area contributed by atoms with Crippen molar-refractivity contribution in [3.8, 4) is 0 Å². The van der Waals surface area contributed by atoms with Crippen LogP contribution in [0.5, 0.6) is 0 Å². The molecule has 5 nitrogen and oxygen atoms in total. The Morgan fingerprint density at radius 1 is 1.30 bits per heavy atom. The van der Waals surface area contributed by atoms with Gasteiger partial charge in [0.25, 0.3) is 0 Å². The second-order valence-electron chi connectivity index (χ2n) is 4.77. The molecule has 1 unspecified atom stereocenters. The van der Waals surface area contributed by atoms with E-state index in [0.717, 1.165) is 28.3 Å². The summed E-state index contributed by atoms with van der Waals surface area (Å²) in [6, 6.07) is 0.128. The molecule has 104 valence electrons. The van der Waals surface area contributed by atoms with E-state index < -0.39 is 0 Å². The topological polar surface area (TPSA) is 66.5 Å². The number of hydrogen-bond acceptors (Lipinski definition) is 5. The summed E-state index contributed by atoms with van der Waals surface area (Å²) in [5.74, 6) is 1.82. The van der Waals surface area contributed by atoms with Crippen molar-refractivity contribution in [3.05, 3.63) is 35.0 Å². The van der Waals surface area contributed by atoms with E-state index in [0.29, 0.717) is 0 Å². The largest absolute Gasteiger partial charge is 0.359 e. The predicted octanol–water partition coefficient (Wildman–Crippen LogP) is 3.59. The van der Waals surface area contributed by atoms with Gasteiger partial charge in [-0.15, -0.1) is 11.3 Å². The molecule has 3 aromatic heterocycles. The van der Waals surface area contributed by atoms with Crippen molar-refractivity contribution in [2.45, 2.75) is 33.2 Å². The van der Waals surface area contributed by atoms with E-state index in [1.165, 1.54) is 10.4 Å². The van der Waals surface area contributed by atoms with Crippen LogP contribution in [0, 0.1) is 13.8 Å². The zero-order chi connectivity index (χ0) is 14.1. The molecule has 0 saturated heterocycles. The van der Waals surface area contributed by atoms with Gasteiger partial charge in [0, 0.05) is 17.3 Å². The maximum atomic E-state index is 4.42. The van der Waals surface area contributed by atoms with Crippen LogP contribution in [-0.4, -0.2) is 19.9 Å². The van der Waals surface area contributed by atoms with E-state index in [2.05, 4.69) is 46.0 Å². The third-order valence-electron chi connectivity index (χ3n) is 3.53. The first kappa shape index (κ1) is 13.1. The van der Waals surface area contributed by atoms with Crippen LogP contribution in [0.25, 0.3) is 10.2 Å². The van der Waals surface area contributed by atoms with E-state index >= 15 is 0 Å². The highest BCUT2D eigenvalue weighted by Crippen LogP contribution is 2.33. The predicted molar refractivity (Wildman–Crippen MR) is 82.1 cm³/mol. The first-order chi connectivity index (χ1) is 9.70. The number of nitrogens with zero attached hydrogens (tertiary/aromatic N) is 3. The van der Waals surface area contributed by atoms with Crippen molar-refractivity contribution in [1.29, 1.82) is 0 Å². The number of rotatable bonds is 4. The smallest absolute Gasteiger partial charge is 0.139 e. The summed E-state index contributed by atoms with van der Waals surface area (Å²) >= 11 is 1.71. The standard InChI is InChI=1S/C14H17N5S/c1-4-10(12-15-5-6-16-12)19-13-11-8(2)9(3)20-14(11)18-7-17-13/h5-7,10H,4H2,1-3H3,(H,15,16)(H,17,18,19). The van der Waals surface area contributed by atoms with E-state index in [1.807, 2.05) is 6.20 Å². The molecule has 20 heavy (non-hydrogen) atoms. The molecule has 0 saturated carbocycles. The molecule has 0 radical (unpaired) electrons. The summed E-state index contributed by atoms with van der Waals surface area (Å²) < 4.78 is 0. The van der Waals surface area contributed by atoms with E-state index in [1.54, 1.807) is 23.9 Å². The Labute approximate surface area is 121 Å². The Morgan fingerprint density at radius 2 is 2.15 bits per heavy atom. The molecule has 0 aliphatic rings. The molecule has 0 fully saturated rings. The molecule has 6 heteroatoms. The van der Waals surface area contributed by atoms with Crippen LogP contribution in [0.1, 0.15) is 35.7 Å². The molecule has 0 aliphatic carbocycles. The Bertz CT molecular complexity index is 717. The number of fused-ring (bicyclic) bond motifs is 1. The fraction of sp³-hybridized carbons (Fsp3) is 0.357. The van der Waals surface area contributed by atoms with Gasteiger partial charge in [0.2, 0.25) is 0 Å². The van der Waals surface area contributed by atoms with Gasteiger partial charge in [-0.3, -0.25) is 0 Å². The van der Waals surface area contributed by atoms with Crippen LogP contribution >= 0.6 is 11.3 Å². The molecule has 0 bridgehead atoms. The first-order valence-electron chi connectivity index (χ1n) is 6.67. The molecule has 3 heterocycles. The number of nitrogens with one attached hydrogen (secondary N) is 2. The fourth-order valence-electron chi connectivity index (χ4n) is 2.29. The van der Waals surface area contributed by atoms with E-state index in [4.69, 9.17) is 0 Å². The molecule has 3 aromatic rings. The molecular weight excluding hydrogens is 270 g/mol. The van der Waals surface area contributed by atoms with E-state index in [9.17, 15) is 0 Å². The number of anilines is 1. The minimum absolute atomic E-state index is 0.128. The quantitative estimate of drug-likeness (QED) is 0.769. The zero-order valence-corrected chi connectivity index (χ0v) is 12.6. The maximum absolute atomic E-state index is 4.42. The lowest BCUT2D eigenvalue weighted by molar-refractivity contribution is 0.701. The number of H-pyrrole nitrogens is 1. The maximum Gasteiger partial charge on any atom is 0.139 e. The summed E-state index contributed by atoms with van der Waals surface area (Å²) in [7, 11) is 0. The molecule has 0 spiro atoms. The molecule has 2 N–H and O–H groups in total. The minimum Gasteiger partial charge on any atom is -0.359 e. The minimum atomic E-state index is 0.128. The molecule has 0 aliphatic heterocycles. The van der Waals surface area contributed by atoms with Crippen molar-refractivity contribution in [2.75, 3.05) is 5.32 Å². The van der Waals surface area contributed by atoms with Crippen LogP contribution in [0.2, 0.25) is 0 Å². The van der Waals surface area contributed by atoms with Crippen molar-refractivity contribution in [1.82, 2.24) is 19.9 Å². The van der Waals surface area contributed by atoms with Gasteiger partial charge >= 0.3 is 0 Å². The van der Waals surface area contributed by atoms with Crippen LogP contribution in [0.15, 0.2) is 18.7 Å². The highest BCUT2D eigenvalue weighted by Gasteiger charge is 2.16. The monoisotopic (exact) mass is 287 g/mol. The zero-order valence-electron chi connectivity index (χ0n) is 11.8. The van der Waals surface area contributed by atoms with Gasteiger partial charge in [0.1, 0.15) is 22.8 Å². The summed E-state index contributed by atoms with van der Waals surface area (Å²) in [5, 5.41) is 4.62. The van der Waals surface area contributed by atoms with Gasteiger partial charge in [-0.2, -0.15) is 0 Å². The summed E-state index contributed by atoms with van der Waals surface area (Å²) in [5.41, 5.74) is 1.25. The Kier molecular flexibility index (Phi) is 3.40. The average Bonchev–Trinajstić information content (AvgIpc) is 3.06. The van der Waals surface area contributed by atoms with Crippen LogP contribution in [0.3, 0.4) is 0 Å². The van der Waals surface area contributed by atoms with Gasteiger partial charge in [0.15, 0.2) is 0 Å². The van der Waals surface area contributed by atoms with Crippen molar-refractivity contribution >= 4 is 27.4 Å². The fourth-order valence-corrected chi connectivity index (χ4v) is 3.29. The summed E-state index contributed by atoms with van der Waals surface area (Å²) in [4.78, 5) is 18.6. The average molecular weight is 287 g/mol. The Hall–Kier alpha value is -1.95. The van der Waals surface area contributed by atoms with Gasteiger partial charge in [-0.25, -0.2) is 15.0 Å². The number of aromatic nitrogens is 4. The van der Waals surface area contributed by atoms with Crippen LogP contribution in [-0.2, 0) is 0 Å². The van der Waals surface area contributed by atoms with Crippen molar-refractivity contribution in [2.24, 2.45) is 0 Å². The van der Waals surface area contributed by atoms with Crippen molar-refractivity contribution < 1.29 is 0 Å². The summed E-state index contributed by atoms with van der Waals surface area (Å²) in [6.07, 6.45) is 6.17. The second-order valence-corrected chi connectivity index (χ2v) is 5.97. The second kappa shape index (κ2) is 5.20. The molecule has 3 rings (SSSR count). The highest BCUT2D eigenvalue weighted by molar-refractivity contribution is 7.18. The lowest BCUT2D eigenvalue weighted by Gasteiger charge is -2.16. The van der Waals surface area contributed by atoms with Crippen LogP contribution in [0.4, 0.5) is 5.82 Å². The highest BCUT2D eigenvalue weighted by atomic mass is 32.1. The summed E-state index contributed by atoms with van der Waals surface area (Å²) in [6.45, 7) is 6.37. The van der Waals surface area contributed by atoms with Crippen LogP contribution < -0.4 is 5.32 Å². The molecule has 0 aromatic carbocycles. The van der Waals surface area contributed by atoms with Gasteiger partial charge in [0.05, 0.1) is 11.4 Å². The molecule has 0 amide bonds. The normalized spacial score (nSPS) is 12.8. The van der Waals surface area contributed by atoms with Gasteiger partial charge in [-0.1, -0.05) is 6.92 Å². The number of aryl methyl sites for hydroxylation is 2. The third-order valence-corrected chi connectivity index (χ3v) is 4.65. The van der Waals surface area contributed by atoms with Gasteiger partial charge < -0.3 is 10.3 Å². The number of hydrogen-bond donors (Lipinski definition) is 2. The molecular formula is C14H17N5S. The van der Waals surface area contributed by atoms with Crippen molar-refractivity contribution in [3.63, 3.8) is 0 Å². The molecule has 1 atom stereocenters. The lowest BCUT2D eigenvalue weighted by Crippen LogP contribution is -2.12. The Morgan fingerprint density at radius 3 is 2.85 bits per heavy atom. The van der Waals surface area contributed by atoms with E-state index in [-0.39, 0.29) is 6.04 Å². The number of aromatic amines is 1.